The first-order valence-corrected chi connectivity index (χ1v) is 7.52. The summed E-state index contributed by atoms with van der Waals surface area (Å²) in [5.74, 6) is 0.566. The molecule has 1 amide bonds. The van der Waals surface area contributed by atoms with Crippen LogP contribution in [-0.4, -0.2) is 31.4 Å². The summed E-state index contributed by atoms with van der Waals surface area (Å²) in [4.78, 5) is 11.6. The van der Waals surface area contributed by atoms with E-state index in [0.717, 1.165) is 5.56 Å². The molecule has 0 fully saturated rings. The Morgan fingerprint density at radius 3 is 2.65 bits per heavy atom. The van der Waals surface area contributed by atoms with Crippen LogP contribution >= 0.6 is 0 Å². The Kier molecular flexibility index (Phi) is 6.86. The standard InChI is InChI=1S/C17H25N3O3/c1-12(10-20-16(21)23-17(2,3)4)19-11-13-6-7-15(22-5)14(8-13)9-18/h6-8,12,19H,10-11H2,1-5H3,(H,20,21). The van der Waals surface area contributed by atoms with Gasteiger partial charge in [0.15, 0.2) is 0 Å². The first-order chi connectivity index (χ1) is 10.7. The van der Waals surface area contributed by atoms with Gasteiger partial charge in [0.05, 0.1) is 12.7 Å². The number of nitrogens with one attached hydrogen (secondary N) is 2. The van der Waals surface area contributed by atoms with E-state index < -0.39 is 11.7 Å². The highest BCUT2D eigenvalue weighted by atomic mass is 16.6. The summed E-state index contributed by atoms with van der Waals surface area (Å²) in [5.41, 5.74) is 0.982. The van der Waals surface area contributed by atoms with Crippen LogP contribution in [0.25, 0.3) is 0 Å². The van der Waals surface area contributed by atoms with Gasteiger partial charge in [0.25, 0.3) is 0 Å². The van der Waals surface area contributed by atoms with Gasteiger partial charge in [-0.05, 0) is 45.4 Å². The van der Waals surface area contributed by atoms with E-state index >= 15 is 0 Å². The fourth-order valence-electron chi connectivity index (χ4n) is 1.87. The molecule has 0 saturated carbocycles. The second kappa shape index (κ2) is 8.39. The lowest BCUT2D eigenvalue weighted by Crippen LogP contribution is -2.41. The second-order valence-electron chi connectivity index (χ2n) is 6.31. The predicted molar refractivity (Wildman–Crippen MR) is 88.2 cm³/mol. The Bertz CT molecular complexity index is 573. The van der Waals surface area contributed by atoms with Crippen LogP contribution in [0.4, 0.5) is 4.79 Å². The molecule has 0 saturated heterocycles. The Hall–Kier alpha value is -2.26. The molecule has 0 aliphatic heterocycles. The van der Waals surface area contributed by atoms with E-state index in [-0.39, 0.29) is 6.04 Å². The predicted octanol–water partition coefficient (Wildman–Crippen LogP) is 2.57. The van der Waals surface area contributed by atoms with E-state index in [9.17, 15) is 4.79 Å². The van der Waals surface area contributed by atoms with Crippen molar-refractivity contribution in [1.82, 2.24) is 10.6 Å². The molecular weight excluding hydrogens is 294 g/mol. The van der Waals surface area contributed by atoms with Gasteiger partial charge in [-0.15, -0.1) is 0 Å². The van der Waals surface area contributed by atoms with Crippen molar-refractivity contribution in [3.8, 4) is 11.8 Å². The molecule has 126 valence electrons. The number of rotatable bonds is 6. The fraction of sp³-hybridized carbons (Fsp3) is 0.529. The quantitative estimate of drug-likeness (QED) is 0.842. The van der Waals surface area contributed by atoms with E-state index in [1.807, 2.05) is 33.8 Å². The van der Waals surface area contributed by atoms with Crippen molar-refractivity contribution in [2.45, 2.75) is 45.9 Å². The molecule has 23 heavy (non-hydrogen) atoms. The fourth-order valence-corrected chi connectivity index (χ4v) is 1.87. The van der Waals surface area contributed by atoms with Gasteiger partial charge >= 0.3 is 6.09 Å². The van der Waals surface area contributed by atoms with E-state index in [4.69, 9.17) is 14.7 Å². The van der Waals surface area contributed by atoms with Crippen molar-refractivity contribution in [2.75, 3.05) is 13.7 Å². The van der Waals surface area contributed by atoms with Gasteiger partial charge in [-0.1, -0.05) is 6.07 Å². The number of nitrogens with zero attached hydrogens (tertiary/aromatic N) is 1. The molecule has 2 N–H and O–H groups in total. The lowest BCUT2D eigenvalue weighted by molar-refractivity contribution is 0.0523. The van der Waals surface area contributed by atoms with Crippen LogP contribution in [0.15, 0.2) is 18.2 Å². The van der Waals surface area contributed by atoms with Crippen LogP contribution in [0, 0.1) is 11.3 Å². The van der Waals surface area contributed by atoms with E-state index in [1.54, 1.807) is 19.2 Å². The van der Waals surface area contributed by atoms with Crippen LogP contribution in [0.1, 0.15) is 38.8 Å². The average Bonchev–Trinajstić information content (AvgIpc) is 2.48. The molecule has 1 aromatic carbocycles. The zero-order chi connectivity index (χ0) is 17.5. The molecule has 0 radical (unpaired) electrons. The van der Waals surface area contributed by atoms with Crippen molar-refractivity contribution < 1.29 is 14.3 Å². The molecule has 0 bridgehead atoms. The molecule has 1 unspecified atom stereocenters. The Balaban J connectivity index is 2.43. The summed E-state index contributed by atoms with van der Waals surface area (Å²) < 4.78 is 10.3. The molecule has 6 heteroatoms. The third-order valence-electron chi connectivity index (χ3n) is 2.99. The van der Waals surface area contributed by atoms with Gasteiger partial charge in [-0.2, -0.15) is 5.26 Å². The normalized spacial score (nSPS) is 12.2. The molecular formula is C17H25N3O3. The number of alkyl carbamates (subject to hydrolysis) is 1. The van der Waals surface area contributed by atoms with Gasteiger partial charge < -0.3 is 20.1 Å². The van der Waals surface area contributed by atoms with Gasteiger partial charge in [0.2, 0.25) is 0 Å². The Labute approximate surface area is 137 Å². The zero-order valence-corrected chi connectivity index (χ0v) is 14.4. The van der Waals surface area contributed by atoms with Crippen molar-refractivity contribution in [3.05, 3.63) is 29.3 Å². The molecule has 6 nitrogen and oxygen atoms in total. The minimum Gasteiger partial charge on any atom is -0.495 e. The van der Waals surface area contributed by atoms with Crippen molar-refractivity contribution in [1.29, 1.82) is 5.26 Å². The maximum Gasteiger partial charge on any atom is 0.407 e. The van der Waals surface area contributed by atoms with Crippen molar-refractivity contribution in [2.24, 2.45) is 0 Å². The smallest absolute Gasteiger partial charge is 0.407 e. The van der Waals surface area contributed by atoms with E-state index in [1.165, 1.54) is 0 Å². The second-order valence-corrected chi connectivity index (χ2v) is 6.31. The number of ether oxygens (including phenoxy) is 2. The Morgan fingerprint density at radius 1 is 1.39 bits per heavy atom. The van der Waals surface area contributed by atoms with Crippen LogP contribution in [0.2, 0.25) is 0 Å². The van der Waals surface area contributed by atoms with Crippen LogP contribution in [0.3, 0.4) is 0 Å². The SMILES string of the molecule is COc1ccc(CNC(C)CNC(=O)OC(C)(C)C)cc1C#N. The number of hydrogen-bond acceptors (Lipinski definition) is 5. The van der Waals surface area contributed by atoms with Gasteiger partial charge in [0.1, 0.15) is 17.4 Å². The molecule has 0 aliphatic carbocycles. The summed E-state index contributed by atoms with van der Waals surface area (Å²) in [5, 5.41) is 15.1. The average molecular weight is 319 g/mol. The van der Waals surface area contributed by atoms with Gasteiger partial charge in [0, 0.05) is 19.1 Å². The monoisotopic (exact) mass is 319 g/mol. The zero-order valence-electron chi connectivity index (χ0n) is 14.4. The maximum atomic E-state index is 11.6. The number of benzene rings is 1. The molecule has 1 atom stereocenters. The van der Waals surface area contributed by atoms with Crippen molar-refractivity contribution in [3.63, 3.8) is 0 Å². The first kappa shape index (κ1) is 18.8. The molecule has 0 spiro atoms. The van der Waals surface area contributed by atoms with E-state index in [0.29, 0.717) is 24.4 Å². The number of amides is 1. The largest absolute Gasteiger partial charge is 0.495 e. The highest BCUT2D eigenvalue weighted by Gasteiger charge is 2.16. The van der Waals surface area contributed by atoms with Gasteiger partial charge in [-0.3, -0.25) is 0 Å². The number of methoxy groups -OCH3 is 1. The molecule has 1 aromatic rings. The lowest BCUT2D eigenvalue weighted by Gasteiger charge is -2.21. The third kappa shape index (κ3) is 7.02. The summed E-state index contributed by atoms with van der Waals surface area (Å²) in [6, 6.07) is 7.65. The van der Waals surface area contributed by atoms with Crippen LogP contribution < -0.4 is 15.4 Å². The number of carbonyl (C=O) groups excluding carboxylic acids is 1. The Morgan fingerprint density at radius 2 is 2.09 bits per heavy atom. The molecule has 1 rings (SSSR count). The highest BCUT2D eigenvalue weighted by molar-refractivity contribution is 5.67. The summed E-state index contributed by atoms with van der Waals surface area (Å²) in [6.45, 7) is 8.48. The molecule has 0 aliphatic rings. The van der Waals surface area contributed by atoms with E-state index in [2.05, 4.69) is 16.7 Å². The lowest BCUT2D eigenvalue weighted by atomic mass is 10.1. The first-order valence-electron chi connectivity index (χ1n) is 7.52. The number of nitriles is 1. The third-order valence-corrected chi connectivity index (χ3v) is 2.99. The minimum atomic E-state index is -0.502. The summed E-state index contributed by atoms with van der Waals surface area (Å²) in [6.07, 6.45) is -0.428. The topological polar surface area (TPSA) is 83.4 Å². The minimum absolute atomic E-state index is 0.0650. The van der Waals surface area contributed by atoms with Crippen LogP contribution in [0.5, 0.6) is 5.75 Å². The molecule has 0 heterocycles. The van der Waals surface area contributed by atoms with Gasteiger partial charge in [-0.25, -0.2) is 4.79 Å². The maximum absolute atomic E-state index is 11.6. The summed E-state index contributed by atoms with van der Waals surface area (Å²) in [7, 11) is 1.54. The number of carbonyl (C=O) groups is 1. The van der Waals surface area contributed by atoms with Crippen LogP contribution in [-0.2, 0) is 11.3 Å². The highest BCUT2D eigenvalue weighted by Crippen LogP contribution is 2.18. The van der Waals surface area contributed by atoms with Crippen molar-refractivity contribution >= 4 is 6.09 Å². The summed E-state index contributed by atoms with van der Waals surface area (Å²) >= 11 is 0. The number of hydrogen-bond donors (Lipinski definition) is 2. The molecule has 0 aromatic heterocycles.